The van der Waals surface area contributed by atoms with Crippen LogP contribution in [0.3, 0.4) is 0 Å². The van der Waals surface area contributed by atoms with Crippen LogP contribution in [0.5, 0.6) is 0 Å². The third-order valence-electron chi connectivity index (χ3n) is 13.1. The molecule has 4 aliphatic rings. The molecule has 0 atom stereocenters. The summed E-state index contributed by atoms with van der Waals surface area (Å²) in [5.74, 6) is 0. The Balaban J connectivity index is 0.00000302. The van der Waals surface area contributed by atoms with Gasteiger partial charge in [-0.25, -0.2) is 0 Å². The Kier molecular flexibility index (Phi) is 12.2. The van der Waals surface area contributed by atoms with Crippen molar-refractivity contribution >= 4 is 14.4 Å². The summed E-state index contributed by atoms with van der Waals surface area (Å²) in [6.07, 6.45) is 2.72. The molecule has 0 spiro atoms. The van der Waals surface area contributed by atoms with Crippen molar-refractivity contribution < 1.29 is 72.4 Å². The molecule has 0 saturated carbocycles. The van der Waals surface area contributed by atoms with Crippen molar-refractivity contribution in [3.63, 3.8) is 0 Å². The molecule has 8 rings (SSSR count). The van der Waals surface area contributed by atoms with Crippen LogP contribution in [0.1, 0.15) is 141 Å². The van der Waals surface area contributed by atoms with E-state index in [1.807, 2.05) is 0 Å². The maximum Gasteiger partial charge on any atom is -1.00 e. The van der Waals surface area contributed by atoms with Crippen LogP contribution in [0.4, 0.5) is 26.3 Å². The van der Waals surface area contributed by atoms with Gasteiger partial charge in [0.05, 0.1) is 0 Å². The largest absolute Gasteiger partial charge is 1.00 e. The molecular weight excluding hydrogens is 889 g/mol. The fraction of sp³-hybridized carbons (Fsp3) is 0.353. The van der Waals surface area contributed by atoms with E-state index in [9.17, 15) is 26.3 Å². The van der Waals surface area contributed by atoms with Gasteiger partial charge < -0.3 is 24.8 Å². The number of benzene rings is 4. The van der Waals surface area contributed by atoms with Crippen LogP contribution in [0.2, 0.25) is 0 Å². The zero-order valence-electron chi connectivity index (χ0n) is 35.5. The topological polar surface area (TPSA) is 0 Å². The number of fused-ring (bicyclic) bond motifs is 5. The van der Waals surface area contributed by atoms with E-state index in [1.54, 1.807) is 24.3 Å². The van der Waals surface area contributed by atoms with E-state index in [0.29, 0.717) is 17.5 Å². The van der Waals surface area contributed by atoms with Crippen molar-refractivity contribution in [2.75, 3.05) is 0 Å². The molecule has 314 valence electrons. The third kappa shape index (κ3) is 8.10. The van der Waals surface area contributed by atoms with Gasteiger partial charge in [0.15, 0.2) is 0 Å². The molecule has 0 aromatic heterocycles. The van der Waals surface area contributed by atoms with Gasteiger partial charge in [0.1, 0.15) is 0 Å². The van der Waals surface area contributed by atoms with Crippen molar-refractivity contribution in [2.24, 2.45) is 5.41 Å². The number of hydrogen-bond acceptors (Lipinski definition) is 0. The Labute approximate surface area is 370 Å². The number of halogens is 8. The molecule has 0 nitrogen and oxygen atoms in total. The molecule has 0 unspecified atom stereocenters. The second kappa shape index (κ2) is 15.8. The van der Waals surface area contributed by atoms with E-state index < -0.39 is 44.7 Å². The third-order valence-corrected chi connectivity index (χ3v) is 21.3. The van der Waals surface area contributed by atoms with E-state index >= 15 is 0 Å². The van der Waals surface area contributed by atoms with Crippen molar-refractivity contribution in [2.45, 2.75) is 108 Å². The maximum absolute atomic E-state index is 14.1. The van der Waals surface area contributed by atoms with Crippen LogP contribution >= 0.6 is 0 Å². The standard InChI is InChI=1S/C27H29.C15H8F6.C9H13.2ClH.Zr/c1-16-7-9-26(3,4)24-12-18-11-19-13-25-21(17(2)8-10-27(25,5)6)15-23(19)22(18)14-20(16)24;16-14(17,18)12-5-1-10(2-6-12)9-11-3-7-13(8-4-11)15(19,20)21;1-9(2,3)8-6-4-5-7-8;;;/h7-8,11-15H,9-10H2,1-6H3;1-8H;6-7H,4H2,1-3H3;2*1H;/q;;;;;+2/p-2. The molecule has 0 bridgehead atoms. The van der Waals surface area contributed by atoms with Crippen molar-refractivity contribution in [1.29, 1.82) is 0 Å². The molecule has 0 amide bonds. The molecule has 0 heterocycles. The maximum atomic E-state index is 14.1. The Morgan fingerprint density at radius 3 is 1.33 bits per heavy atom. The molecule has 0 N–H and O–H groups in total. The van der Waals surface area contributed by atoms with Crippen molar-refractivity contribution in [1.82, 2.24) is 0 Å². The quantitative estimate of drug-likeness (QED) is 0.179. The van der Waals surface area contributed by atoms with Crippen LogP contribution < -0.4 is 24.8 Å². The first kappa shape index (κ1) is 46.3. The van der Waals surface area contributed by atoms with E-state index in [0.717, 1.165) is 40.3 Å². The summed E-state index contributed by atoms with van der Waals surface area (Å²) >= 11 is -3.59. The van der Waals surface area contributed by atoms with Crippen LogP contribution in [0, 0.1) is 5.41 Å². The molecule has 0 saturated heterocycles. The first-order chi connectivity index (χ1) is 27.0. The molecular formula is C51H50Cl2F6Zr. The Morgan fingerprint density at radius 1 is 0.583 bits per heavy atom. The minimum absolute atomic E-state index is 0. The van der Waals surface area contributed by atoms with Gasteiger partial charge in [-0.05, 0) is 0 Å². The van der Waals surface area contributed by atoms with Crippen molar-refractivity contribution in [3.8, 4) is 11.1 Å². The smallest absolute Gasteiger partial charge is 1.00 e. The number of allylic oxidation sites excluding steroid dienone is 8. The molecule has 4 aromatic carbocycles. The Morgan fingerprint density at radius 2 is 0.983 bits per heavy atom. The normalized spacial score (nSPS) is 17.6. The van der Waals surface area contributed by atoms with Crippen LogP contribution in [0.25, 0.3) is 22.3 Å². The summed E-state index contributed by atoms with van der Waals surface area (Å²) < 4.78 is 86.5. The second-order valence-electron chi connectivity index (χ2n) is 19.1. The van der Waals surface area contributed by atoms with Gasteiger partial charge in [0, 0.05) is 0 Å². The average molecular weight is 939 g/mol. The fourth-order valence-electron chi connectivity index (χ4n) is 9.54. The summed E-state index contributed by atoms with van der Waals surface area (Å²) in [6.45, 7) is 20.1. The van der Waals surface area contributed by atoms with E-state index in [4.69, 9.17) is 0 Å². The minimum Gasteiger partial charge on any atom is -1.00 e. The summed E-state index contributed by atoms with van der Waals surface area (Å²) in [5, 5.41) is 0. The predicted octanol–water partition coefficient (Wildman–Crippen LogP) is 9.12. The molecule has 4 aromatic rings. The second-order valence-corrected chi connectivity index (χ2v) is 25.3. The Hall–Kier alpha value is -3.25. The molecule has 0 fully saturated rings. The zero-order valence-corrected chi connectivity index (χ0v) is 39.4. The van der Waals surface area contributed by atoms with Gasteiger partial charge >= 0.3 is 348 Å². The first-order valence-electron chi connectivity index (χ1n) is 20.2. The molecule has 0 aliphatic heterocycles. The summed E-state index contributed by atoms with van der Waals surface area (Å²) in [7, 11) is 0. The minimum atomic E-state index is -4.53. The van der Waals surface area contributed by atoms with Gasteiger partial charge in [-0.2, -0.15) is 0 Å². The molecule has 60 heavy (non-hydrogen) atoms. The first-order valence-corrected chi connectivity index (χ1v) is 24.1. The number of hydrogen-bond donors (Lipinski definition) is 0. The zero-order chi connectivity index (χ0) is 41.9. The van der Waals surface area contributed by atoms with Crippen LogP contribution in [-0.2, 0) is 44.4 Å². The van der Waals surface area contributed by atoms with Gasteiger partial charge in [-0.3, -0.25) is 0 Å². The molecule has 0 radical (unpaired) electrons. The SMILES string of the molecule is CC1=CCC(C)(C)c2cc3c(cc21)-c1cc2c(cc1[CH]3[Zr+2]([C]1=CC(C(C)(C)C)=CC1)=[C](c1ccc(C(F)(F)F)cc1)c1ccc(C(F)(F)F)cc1)C(C)(C)CC=C2C.[Cl-].[Cl-]. The van der Waals surface area contributed by atoms with Gasteiger partial charge in [-0.15, -0.1) is 0 Å². The average Bonchev–Trinajstić information content (AvgIpc) is 3.76. The van der Waals surface area contributed by atoms with Crippen molar-refractivity contribution in [3.05, 3.63) is 162 Å². The van der Waals surface area contributed by atoms with E-state index in [2.05, 4.69) is 111 Å². The van der Waals surface area contributed by atoms with Gasteiger partial charge in [0.25, 0.3) is 0 Å². The fourth-order valence-corrected chi connectivity index (χ4v) is 18.6. The monoisotopic (exact) mass is 936 g/mol. The van der Waals surface area contributed by atoms with Crippen LogP contribution in [0.15, 0.2) is 106 Å². The van der Waals surface area contributed by atoms with Crippen LogP contribution in [-0.4, -0.2) is 3.21 Å². The van der Waals surface area contributed by atoms with Gasteiger partial charge in [0.2, 0.25) is 0 Å². The van der Waals surface area contributed by atoms with Gasteiger partial charge in [-0.1, -0.05) is 0 Å². The Bertz CT molecular complexity index is 2390. The number of alkyl halides is 6. The summed E-state index contributed by atoms with van der Waals surface area (Å²) in [4.78, 5) is 0. The summed E-state index contributed by atoms with van der Waals surface area (Å²) in [5.41, 5.74) is 12.9. The van der Waals surface area contributed by atoms with E-state index in [1.165, 1.54) is 64.5 Å². The molecule has 4 aliphatic carbocycles. The summed E-state index contributed by atoms with van der Waals surface area (Å²) in [6, 6.07) is 20.3. The molecule has 9 heteroatoms. The van der Waals surface area contributed by atoms with E-state index in [-0.39, 0.29) is 44.7 Å². The predicted molar refractivity (Wildman–Crippen MR) is 223 cm³/mol. The number of rotatable bonds is 4.